The third kappa shape index (κ3) is 3.69. The molecule has 0 atom stereocenters. The van der Waals surface area contributed by atoms with Gasteiger partial charge in [0, 0.05) is 26.5 Å². The summed E-state index contributed by atoms with van der Waals surface area (Å²) in [6.07, 6.45) is 4.22. The maximum Gasteiger partial charge on any atom is 0.192 e. The Morgan fingerprint density at radius 2 is 2.10 bits per heavy atom. The Balaban J connectivity index is 1.47. The average molecular weight is 455 g/mol. The topological polar surface area (TPSA) is 76.7 Å². The van der Waals surface area contributed by atoms with Crippen molar-refractivity contribution in [3.05, 3.63) is 57.4 Å². The van der Waals surface area contributed by atoms with Crippen LogP contribution in [-0.2, 0) is 23.4 Å². The minimum atomic E-state index is -0.126. The minimum absolute atomic E-state index is 0.0171. The summed E-state index contributed by atoms with van der Waals surface area (Å²) in [5.74, 6) is 0.554. The van der Waals surface area contributed by atoms with Gasteiger partial charge in [0.05, 0.1) is 11.6 Å². The van der Waals surface area contributed by atoms with Crippen LogP contribution in [0, 0.1) is 0 Å². The summed E-state index contributed by atoms with van der Waals surface area (Å²) < 4.78 is 1.73. The summed E-state index contributed by atoms with van der Waals surface area (Å²) in [6, 6.07) is 7.45. The van der Waals surface area contributed by atoms with E-state index in [4.69, 9.17) is 21.4 Å². The second-order valence-electron chi connectivity index (χ2n) is 8.97. The molecular formula is C22H23ClN6OS. The van der Waals surface area contributed by atoms with Crippen LogP contribution in [0.5, 0.6) is 0 Å². The first kappa shape index (κ1) is 20.4. The third-order valence-electron chi connectivity index (χ3n) is 5.37. The van der Waals surface area contributed by atoms with Crippen molar-refractivity contribution < 1.29 is 4.84 Å². The number of hydrogen-bond acceptors (Lipinski definition) is 7. The highest BCUT2D eigenvalue weighted by molar-refractivity contribution is 7.19. The molecule has 0 fully saturated rings. The summed E-state index contributed by atoms with van der Waals surface area (Å²) in [5.41, 5.74) is 2.77. The number of aromatic nitrogens is 4. The fourth-order valence-corrected chi connectivity index (χ4v) is 5.79. The molecule has 160 valence electrons. The Hall–Kier alpha value is -2.55. The highest BCUT2D eigenvalue weighted by Crippen LogP contribution is 2.44. The van der Waals surface area contributed by atoms with Gasteiger partial charge in [-0.25, -0.2) is 14.5 Å². The third-order valence-corrected chi connectivity index (χ3v) is 7.18. The SMILES string of the molecule is CC1(C)Cc2c(sc3ncn4nc(CON=Cc5ccccc5Cl)nc4c23)C(C)(C)N1. The lowest BCUT2D eigenvalue weighted by molar-refractivity contribution is 0.126. The van der Waals surface area contributed by atoms with E-state index in [-0.39, 0.29) is 17.7 Å². The maximum atomic E-state index is 6.13. The second-order valence-corrected chi connectivity index (χ2v) is 10.4. The van der Waals surface area contributed by atoms with E-state index in [1.165, 1.54) is 10.4 Å². The highest BCUT2D eigenvalue weighted by atomic mass is 35.5. The highest BCUT2D eigenvalue weighted by Gasteiger charge is 2.39. The van der Waals surface area contributed by atoms with Crippen LogP contribution in [0.3, 0.4) is 0 Å². The van der Waals surface area contributed by atoms with Crippen molar-refractivity contribution in [1.82, 2.24) is 24.9 Å². The zero-order chi connectivity index (χ0) is 21.8. The smallest absolute Gasteiger partial charge is 0.192 e. The Morgan fingerprint density at radius 1 is 1.29 bits per heavy atom. The number of thiophene rings is 1. The summed E-state index contributed by atoms with van der Waals surface area (Å²) in [4.78, 5) is 17.1. The van der Waals surface area contributed by atoms with Crippen molar-refractivity contribution >= 4 is 45.0 Å². The number of nitrogens with zero attached hydrogens (tertiary/aromatic N) is 5. The van der Waals surface area contributed by atoms with Crippen molar-refractivity contribution in [1.29, 1.82) is 0 Å². The molecule has 0 aliphatic carbocycles. The van der Waals surface area contributed by atoms with Gasteiger partial charge in [-0.1, -0.05) is 35.0 Å². The quantitative estimate of drug-likeness (QED) is 0.357. The van der Waals surface area contributed by atoms with Crippen LogP contribution >= 0.6 is 22.9 Å². The summed E-state index contributed by atoms with van der Waals surface area (Å²) in [6.45, 7) is 9.07. The Morgan fingerprint density at radius 3 is 2.90 bits per heavy atom. The molecule has 0 amide bonds. The predicted molar refractivity (Wildman–Crippen MR) is 124 cm³/mol. The molecule has 4 heterocycles. The fraction of sp³-hybridized carbons (Fsp3) is 0.364. The van der Waals surface area contributed by atoms with E-state index >= 15 is 0 Å². The lowest BCUT2D eigenvalue weighted by Gasteiger charge is -2.42. The molecule has 1 N–H and O–H groups in total. The number of benzene rings is 1. The fourth-order valence-electron chi connectivity index (χ4n) is 4.39. The van der Waals surface area contributed by atoms with E-state index in [9.17, 15) is 0 Å². The van der Waals surface area contributed by atoms with Crippen LogP contribution in [0.25, 0.3) is 15.9 Å². The number of hydrogen-bond donors (Lipinski definition) is 1. The molecule has 9 heteroatoms. The lowest BCUT2D eigenvalue weighted by atomic mass is 9.82. The van der Waals surface area contributed by atoms with E-state index in [0.717, 1.165) is 27.8 Å². The molecule has 1 aliphatic heterocycles. The molecule has 0 bridgehead atoms. The standard InChI is InChI=1S/C22H23ClN6OS/c1-21(2)9-14-17-19-26-16(11-30-25-10-13-7-5-6-8-15(13)23)27-29(19)12-24-20(17)31-18(14)22(3,4)28-21/h5-8,10,12,28H,9,11H2,1-4H3. The number of nitrogens with one attached hydrogen (secondary N) is 1. The molecule has 7 nitrogen and oxygen atoms in total. The average Bonchev–Trinajstić information content (AvgIpc) is 3.26. The molecule has 0 spiro atoms. The predicted octanol–water partition coefficient (Wildman–Crippen LogP) is 4.70. The van der Waals surface area contributed by atoms with Gasteiger partial charge in [-0.15, -0.1) is 16.4 Å². The molecule has 4 aromatic rings. The van der Waals surface area contributed by atoms with Crippen LogP contribution in [-0.4, -0.2) is 31.3 Å². The maximum absolute atomic E-state index is 6.13. The van der Waals surface area contributed by atoms with Crippen molar-refractivity contribution in [3.63, 3.8) is 0 Å². The molecule has 0 saturated heterocycles. The van der Waals surface area contributed by atoms with Crippen molar-refractivity contribution in [2.45, 2.75) is 51.8 Å². The van der Waals surface area contributed by atoms with Crippen LogP contribution < -0.4 is 5.32 Å². The summed E-state index contributed by atoms with van der Waals surface area (Å²) in [7, 11) is 0. The molecular weight excluding hydrogens is 432 g/mol. The van der Waals surface area contributed by atoms with Crippen LogP contribution in [0.1, 0.15) is 49.5 Å². The first-order valence-electron chi connectivity index (χ1n) is 10.1. The molecule has 0 radical (unpaired) electrons. The molecule has 0 unspecified atom stereocenters. The molecule has 5 rings (SSSR count). The number of halogens is 1. The zero-order valence-corrected chi connectivity index (χ0v) is 19.4. The normalized spacial score (nSPS) is 17.5. The van der Waals surface area contributed by atoms with Gasteiger partial charge in [-0.05, 0) is 45.7 Å². The zero-order valence-electron chi connectivity index (χ0n) is 17.8. The summed E-state index contributed by atoms with van der Waals surface area (Å²) in [5, 5.41) is 14.0. The molecule has 31 heavy (non-hydrogen) atoms. The first-order valence-corrected chi connectivity index (χ1v) is 11.3. The van der Waals surface area contributed by atoms with Gasteiger partial charge in [0.25, 0.3) is 0 Å². The van der Waals surface area contributed by atoms with E-state index in [2.05, 4.69) is 48.3 Å². The van der Waals surface area contributed by atoms with Crippen molar-refractivity contribution in [3.8, 4) is 0 Å². The molecule has 1 aliphatic rings. The lowest BCUT2D eigenvalue weighted by Crippen LogP contribution is -2.54. The monoisotopic (exact) mass is 454 g/mol. The van der Waals surface area contributed by atoms with Gasteiger partial charge in [0.2, 0.25) is 0 Å². The Bertz CT molecular complexity index is 1320. The Labute approximate surface area is 189 Å². The number of oxime groups is 1. The summed E-state index contributed by atoms with van der Waals surface area (Å²) >= 11 is 7.86. The number of rotatable bonds is 4. The molecule has 1 aromatic carbocycles. The van der Waals surface area contributed by atoms with E-state index in [0.29, 0.717) is 10.8 Å². The van der Waals surface area contributed by atoms with E-state index in [1.807, 2.05) is 24.3 Å². The van der Waals surface area contributed by atoms with Gasteiger partial charge in [-0.3, -0.25) is 0 Å². The van der Waals surface area contributed by atoms with Gasteiger partial charge in [0.1, 0.15) is 11.2 Å². The first-order chi connectivity index (χ1) is 14.7. The van der Waals surface area contributed by atoms with Gasteiger partial charge in [-0.2, -0.15) is 0 Å². The van der Waals surface area contributed by atoms with E-state index in [1.54, 1.807) is 28.4 Å². The van der Waals surface area contributed by atoms with Gasteiger partial charge < -0.3 is 10.2 Å². The largest absolute Gasteiger partial charge is 0.387 e. The van der Waals surface area contributed by atoms with Gasteiger partial charge >= 0.3 is 0 Å². The van der Waals surface area contributed by atoms with E-state index < -0.39 is 0 Å². The van der Waals surface area contributed by atoms with Crippen molar-refractivity contribution in [2.75, 3.05) is 0 Å². The van der Waals surface area contributed by atoms with Crippen LogP contribution in [0.2, 0.25) is 5.02 Å². The van der Waals surface area contributed by atoms with Crippen LogP contribution in [0.15, 0.2) is 35.7 Å². The second kappa shape index (κ2) is 7.25. The van der Waals surface area contributed by atoms with Crippen molar-refractivity contribution in [2.24, 2.45) is 5.16 Å². The Kier molecular flexibility index (Phi) is 4.76. The molecule has 3 aromatic heterocycles. The number of fused-ring (bicyclic) bond motifs is 5. The minimum Gasteiger partial charge on any atom is -0.387 e. The molecule has 0 saturated carbocycles. The van der Waals surface area contributed by atoms with Crippen LogP contribution in [0.4, 0.5) is 0 Å². The van der Waals surface area contributed by atoms with Gasteiger partial charge in [0.15, 0.2) is 18.1 Å².